The first-order valence-electron chi connectivity index (χ1n) is 4.90. The summed E-state index contributed by atoms with van der Waals surface area (Å²) in [6.07, 6.45) is 0. The van der Waals surface area contributed by atoms with Crippen LogP contribution in [0.1, 0.15) is 0 Å². The molecule has 0 saturated carbocycles. The van der Waals surface area contributed by atoms with Crippen LogP contribution in [0.3, 0.4) is 0 Å². The first-order chi connectivity index (χ1) is 8.71. The van der Waals surface area contributed by atoms with Gasteiger partial charge in [0.1, 0.15) is 0 Å². The van der Waals surface area contributed by atoms with Gasteiger partial charge in [-0.2, -0.15) is 21.6 Å². The van der Waals surface area contributed by atoms with E-state index < -0.39 is 21.4 Å². The molecule has 0 aromatic heterocycles. The molecule has 0 unspecified atom stereocenters. The Morgan fingerprint density at radius 3 is 2.11 bits per heavy atom. The van der Waals surface area contributed by atoms with Crippen LogP contribution in [0.25, 0.3) is 10.8 Å². The minimum atomic E-state index is -5.67. The quantitative estimate of drug-likeness (QED) is 0.608. The van der Waals surface area contributed by atoms with Gasteiger partial charge in [-0.1, -0.05) is 24.3 Å². The monoisotopic (exact) mass is 354 g/mol. The lowest BCUT2D eigenvalue weighted by atomic mass is 10.1. The summed E-state index contributed by atoms with van der Waals surface area (Å²) in [5.74, 6) is -0.406. The first-order valence-corrected chi connectivity index (χ1v) is 7.10. The summed E-state index contributed by atoms with van der Waals surface area (Å²) in [6.45, 7) is 0. The van der Waals surface area contributed by atoms with Gasteiger partial charge in [0.15, 0.2) is 5.75 Å². The lowest BCUT2D eigenvalue weighted by molar-refractivity contribution is -0.0500. The van der Waals surface area contributed by atoms with Crippen LogP contribution in [-0.2, 0) is 10.1 Å². The summed E-state index contributed by atoms with van der Waals surface area (Å²) in [7, 11) is -5.67. The molecule has 0 bridgehead atoms. The van der Waals surface area contributed by atoms with Crippen molar-refractivity contribution in [2.75, 3.05) is 0 Å². The highest BCUT2D eigenvalue weighted by Crippen LogP contribution is 2.34. The molecule has 2 rings (SSSR count). The molecule has 0 fully saturated rings. The predicted molar refractivity (Wildman–Crippen MR) is 67.3 cm³/mol. The van der Waals surface area contributed by atoms with E-state index in [0.29, 0.717) is 5.39 Å². The molecule has 102 valence electrons. The number of hydrogen-bond donors (Lipinski definition) is 0. The van der Waals surface area contributed by atoms with E-state index in [-0.39, 0.29) is 4.47 Å². The molecule has 0 heterocycles. The molecular weight excluding hydrogens is 349 g/mol. The van der Waals surface area contributed by atoms with E-state index in [1.54, 1.807) is 24.3 Å². The first kappa shape index (κ1) is 14.1. The molecule has 0 N–H and O–H groups in total. The van der Waals surface area contributed by atoms with Crippen molar-refractivity contribution < 1.29 is 25.8 Å². The van der Waals surface area contributed by atoms with Crippen LogP contribution in [0.5, 0.6) is 5.75 Å². The van der Waals surface area contributed by atoms with Gasteiger partial charge >= 0.3 is 15.6 Å². The molecule has 2 aromatic carbocycles. The third-order valence-electron chi connectivity index (χ3n) is 2.28. The molecule has 0 spiro atoms. The summed E-state index contributed by atoms with van der Waals surface area (Å²) in [5, 5.41) is 1.31. The SMILES string of the molecule is O=S(=O)(Oc1cc2ccccc2cc1Br)C(F)(F)F. The van der Waals surface area contributed by atoms with Gasteiger partial charge in [-0.15, -0.1) is 0 Å². The topological polar surface area (TPSA) is 43.4 Å². The molecule has 0 amide bonds. The number of halogens is 4. The Hall–Kier alpha value is -1.28. The maximum absolute atomic E-state index is 12.2. The number of hydrogen-bond acceptors (Lipinski definition) is 3. The van der Waals surface area contributed by atoms with E-state index in [4.69, 9.17) is 0 Å². The summed E-state index contributed by atoms with van der Waals surface area (Å²) < 4.78 is 62.8. The van der Waals surface area contributed by atoms with Gasteiger partial charge in [0.25, 0.3) is 0 Å². The zero-order chi connectivity index (χ0) is 14.3. The molecule has 0 aliphatic heterocycles. The third kappa shape index (κ3) is 2.84. The van der Waals surface area contributed by atoms with Gasteiger partial charge in [-0.25, -0.2) is 0 Å². The highest BCUT2D eigenvalue weighted by atomic mass is 79.9. The van der Waals surface area contributed by atoms with E-state index >= 15 is 0 Å². The van der Waals surface area contributed by atoms with Crippen LogP contribution in [0.4, 0.5) is 13.2 Å². The van der Waals surface area contributed by atoms with Crippen LogP contribution >= 0.6 is 15.9 Å². The molecule has 19 heavy (non-hydrogen) atoms. The Bertz CT molecular complexity index is 726. The van der Waals surface area contributed by atoms with Gasteiger partial charge in [0.2, 0.25) is 0 Å². The van der Waals surface area contributed by atoms with E-state index in [0.717, 1.165) is 5.39 Å². The molecule has 0 radical (unpaired) electrons. The van der Waals surface area contributed by atoms with Crippen LogP contribution in [0.15, 0.2) is 40.9 Å². The standard InChI is InChI=1S/C11H6BrF3O3S/c12-9-5-7-3-1-2-4-8(7)6-10(9)18-19(16,17)11(13,14)15/h1-6H. The van der Waals surface area contributed by atoms with Gasteiger partial charge in [-0.05, 0) is 38.8 Å². The average Bonchev–Trinajstić information content (AvgIpc) is 2.28. The molecule has 0 aliphatic rings. The minimum Gasteiger partial charge on any atom is -0.375 e. The fraction of sp³-hybridized carbons (Fsp3) is 0.0909. The zero-order valence-electron chi connectivity index (χ0n) is 9.11. The number of benzene rings is 2. The average molecular weight is 355 g/mol. The van der Waals surface area contributed by atoms with Crippen molar-refractivity contribution in [2.24, 2.45) is 0 Å². The molecule has 3 nitrogen and oxygen atoms in total. The summed E-state index contributed by atoms with van der Waals surface area (Å²) >= 11 is 2.98. The predicted octanol–water partition coefficient (Wildman–Crippen LogP) is 3.83. The van der Waals surface area contributed by atoms with E-state index in [1.807, 2.05) is 0 Å². The van der Waals surface area contributed by atoms with E-state index in [9.17, 15) is 21.6 Å². The minimum absolute atomic E-state index is 0.124. The normalized spacial score (nSPS) is 12.6. The fourth-order valence-corrected chi connectivity index (χ4v) is 2.44. The molecular formula is C11H6BrF3O3S. The highest BCUT2D eigenvalue weighted by Gasteiger charge is 2.48. The van der Waals surface area contributed by atoms with Gasteiger partial charge < -0.3 is 4.18 Å². The lowest BCUT2D eigenvalue weighted by Gasteiger charge is -2.11. The van der Waals surface area contributed by atoms with Crippen molar-refractivity contribution in [3.63, 3.8) is 0 Å². The van der Waals surface area contributed by atoms with Crippen LogP contribution in [0.2, 0.25) is 0 Å². The summed E-state index contributed by atoms with van der Waals surface area (Å²) in [6, 6.07) is 9.51. The maximum atomic E-state index is 12.2. The Morgan fingerprint density at radius 2 is 1.58 bits per heavy atom. The molecule has 0 atom stereocenters. The number of fused-ring (bicyclic) bond motifs is 1. The van der Waals surface area contributed by atoms with Crippen LogP contribution in [-0.4, -0.2) is 13.9 Å². The largest absolute Gasteiger partial charge is 0.534 e. The Morgan fingerprint density at radius 1 is 1.05 bits per heavy atom. The van der Waals surface area contributed by atoms with Crippen molar-refractivity contribution in [1.29, 1.82) is 0 Å². The lowest BCUT2D eigenvalue weighted by Crippen LogP contribution is -2.28. The molecule has 0 saturated heterocycles. The molecule has 2 aromatic rings. The Balaban J connectivity index is 2.50. The fourth-order valence-electron chi connectivity index (χ4n) is 1.42. The van der Waals surface area contributed by atoms with E-state index in [2.05, 4.69) is 20.1 Å². The van der Waals surface area contributed by atoms with Crippen molar-refractivity contribution in [1.82, 2.24) is 0 Å². The highest BCUT2D eigenvalue weighted by molar-refractivity contribution is 9.10. The van der Waals surface area contributed by atoms with Crippen molar-refractivity contribution in [3.8, 4) is 5.75 Å². The second-order valence-electron chi connectivity index (χ2n) is 3.61. The van der Waals surface area contributed by atoms with Gasteiger partial charge in [-0.3, -0.25) is 0 Å². The number of rotatable bonds is 2. The zero-order valence-corrected chi connectivity index (χ0v) is 11.5. The van der Waals surface area contributed by atoms with E-state index in [1.165, 1.54) is 12.1 Å². The second-order valence-corrected chi connectivity index (χ2v) is 6.01. The Kier molecular flexibility index (Phi) is 3.48. The summed E-state index contributed by atoms with van der Waals surface area (Å²) in [5.41, 5.74) is -5.46. The second kappa shape index (κ2) is 4.68. The van der Waals surface area contributed by atoms with Gasteiger partial charge in [0, 0.05) is 0 Å². The van der Waals surface area contributed by atoms with Crippen molar-refractivity contribution >= 4 is 36.8 Å². The molecule has 8 heteroatoms. The smallest absolute Gasteiger partial charge is 0.375 e. The summed E-state index contributed by atoms with van der Waals surface area (Å²) in [4.78, 5) is 0. The molecule has 0 aliphatic carbocycles. The van der Waals surface area contributed by atoms with Crippen LogP contribution < -0.4 is 4.18 Å². The number of alkyl halides is 3. The third-order valence-corrected chi connectivity index (χ3v) is 3.87. The van der Waals surface area contributed by atoms with Crippen molar-refractivity contribution in [2.45, 2.75) is 5.51 Å². The van der Waals surface area contributed by atoms with Gasteiger partial charge in [0.05, 0.1) is 4.47 Å². The maximum Gasteiger partial charge on any atom is 0.534 e. The van der Waals surface area contributed by atoms with Crippen LogP contribution in [0, 0.1) is 0 Å². The Labute approximate surface area is 115 Å². The van der Waals surface area contributed by atoms with Crippen molar-refractivity contribution in [3.05, 3.63) is 40.9 Å².